The molecule has 6 nitrogen and oxygen atoms in total. The molecule has 0 radical (unpaired) electrons. The summed E-state index contributed by atoms with van der Waals surface area (Å²) < 4.78 is 2.02. The minimum absolute atomic E-state index is 0.106. The van der Waals surface area contributed by atoms with Gasteiger partial charge in [0.2, 0.25) is 5.91 Å². The quantitative estimate of drug-likeness (QED) is 0.585. The monoisotopic (exact) mass is 381 g/mol. The zero-order chi connectivity index (χ0) is 19.2. The lowest BCUT2D eigenvalue weighted by atomic mass is 10.2. The molecule has 0 atom stereocenters. The summed E-state index contributed by atoms with van der Waals surface area (Å²) >= 11 is 1.42. The Hall–Kier alpha value is -2.67. The van der Waals surface area contributed by atoms with Crippen LogP contribution >= 0.6 is 11.8 Å². The molecule has 0 saturated heterocycles. The summed E-state index contributed by atoms with van der Waals surface area (Å²) in [6, 6.07) is 11.9. The van der Waals surface area contributed by atoms with E-state index in [9.17, 15) is 4.79 Å². The van der Waals surface area contributed by atoms with Crippen LogP contribution in [0.4, 0.5) is 0 Å². The average molecular weight is 382 g/mol. The Bertz CT molecular complexity index is 906. The summed E-state index contributed by atoms with van der Waals surface area (Å²) in [5.74, 6) is 1.18. The summed E-state index contributed by atoms with van der Waals surface area (Å²) in [6.45, 7) is 7.46. The second-order valence-electron chi connectivity index (χ2n) is 6.02. The third kappa shape index (κ3) is 4.19. The van der Waals surface area contributed by atoms with Gasteiger partial charge in [0.25, 0.3) is 0 Å². The molecule has 3 rings (SSSR count). The highest BCUT2D eigenvalue weighted by molar-refractivity contribution is 7.99. The van der Waals surface area contributed by atoms with Crippen LogP contribution in [0, 0.1) is 6.92 Å². The Morgan fingerprint density at radius 2 is 1.78 bits per heavy atom. The number of nitrogens with zero attached hydrogens (tertiary/aromatic N) is 5. The average Bonchev–Trinajstić information content (AvgIpc) is 3.12. The summed E-state index contributed by atoms with van der Waals surface area (Å²) in [7, 11) is 0. The lowest BCUT2D eigenvalue weighted by molar-refractivity contribution is -0.127. The molecule has 0 aliphatic carbocycles. The van der Waals surface area contributed by atoms with Gasteiger partial charge in [0.1, 0.15) is 0 Å². The number of aryl methyl sites for hydroxylation is 1. The maximum atomic E-state index is 12.4. The van der Waals surface area contributed by atoms with Crippen LogP contribution in [0.25, 0.3) is 17.1 Å². The van der Waals surface area contributed by atoms with E-state index < -0.39 is 0 Å². The molecule has 0 N–H and O–H groups in total. The van der Waals surface area contributed by atoms with Gasteiger partial charge in [-0.05, 0) is 44.5 Å². The smallest absolute Gasteiger partial charge is 0.233 e. The fraction of sp³-hybridized carbons (Fsp3) is 0.300. The van der Waals surface area contributed by atoms with Gasteiger partial charge in [-0.25, -0.2) is 0 Å². The van der Waals surface area contributed by atoms with Gasteiger partial charge in [-0.3, -0.25) is 14.3 Å². The maximum Gasteiger partial charge on any atom is 0.233 e. The zero-order valence-corrected chi connectivity index (χ0v) is 16.6. The molecule has 0 spiro atoms. The van der Waals surface area contributed by atoms with Crippen LogP contribution in [-0.2, 0) is 4.79 Å². The number of rotatable bonds is 7. The minimum atomic E-state index is 0.106. The minimum Gasteiger partial charge on any atom is -0.343 e. The van der Waals surface area contributed by atoms with E-state index >= 15 is 0 Å². The van der Waals surface area contributed by atoms with Gasteiger partial charge in [-0.15, -0.1) is 10.2 Å². The van der Waals surface area contributed by atoms with Gasteiger partial charge in [0.05, 0.1) is 11.4 Å². The van der Waals surface area contributed by atoms with E-state index in [-0.39, 0.29) is 5.91 Å². The molecule has 7 heteroatoms. The molecule has 0 aliphatic heterocycles. The third-order valence-corrected chi connectivity index (χ3v) is 5.28. The molecule has 0 fully saturated rings. The van der Waals surface area contributed by atoms with E-state index in [1.165, 1.54) is 11.8 Å². The lowest BCUT2D eigenvalue weighted by Crippen LogP contribution is -2.31. The Morgan fingerprint density at radius 3 is 2.44 bits per heavy atom. The normalized spacial score (nSPS) is 10.8. The van der Waals surface area contributed by atoms with Crippen molar-refractivity contribution in [1.29, 1.82) is 0 Å². The van der Waals surface area contributed by atoms with Crippen LogP contribution in [0.1, 0.15) is 19.4 Å². The predicted molar refractivity (Wildman–Crippen MR) is 108 cm³/mol. The second-order valence-corrected chi connectivity index (χ2v) is 6.96. The van der Waals surface area contributed by atoms with Gasteiger partial charge >= 0.3 is 0 Å². The summed E-state index contributed by atoms with van der Waals surface area (Å²) in [5.41, 5.74) is 3.05. The number of carbonyl (C=O) groups is 1. The third-order valence-electron chi connectivity index (χ3n) is 4.37. The van der Waals surface area contributed by atoms with Gasteiger partial charge in [-0.2, -0.15) is 0 Å². The van der Waals surface area contributed by atoms with E-state index in [1.807, 2.05) is 53.6 Å². The standard InChI is InChI=1S/C20H23N5OS/c1-4-24(5-2)18(26)14-27-20-23-22-19(16-10-12-21-13-11-16)25(20)17-9-7-6-8-15(17)3/h6-13H,4-5,14H2,1-3H3. The first-order valence-electron chi connectivity index (χ1n) is 8.98. The van der Waals surface area contributed by atoms with E-state index in [2.05, 4.69) is 28.2 Å². The second kappa shape index (κ2) is 8.81. The molecule has 0 aliphatic rings. The van der Waals surface area contributed by atoms with Crippen molar-refractivity contribution in [3.05, 3.63) is 54.4 Å². The highest BCUT2D eigenvalue weighted by atomic mass is 32.2. The van der Waals surface area contributed by atoms with E-state index in [0.29, 0.717) is 24.0 Å². The number of pyridine rings is 1. The van der Waals surface area contributed by atoms with Gasteiger partial charge in [-0.1, -0.05) is 30.0 Å². The van der Waals surface area contributed by atoms with E-state index in [0.717, 1.165) is 22.6 Å². The van der Waals surface area contributed by atoms with Crippen molar-refractivity contribution in [3.63, 3.8) is 0 Å². The maximum absolute atomic E-state index is 12.4. The first kappa shape index (κ1) is 19.1. The van der Waals surface area contributed by atoms with Gasteiger partial charge in [0, 0.05) is 31.0 Å². The van der Waals surface area contributed by atoms with Crippen LogP contribution in [0.3, 0.4) is 0 Å². The lowest BCUT2D eigenvalue weighted by Gasteiger charge is -2.18. The molecule has 0 saturated carbocycles. The molecular weight excluding hydrogens is 358 g/mol. The number of aromatic nitrogens is 4. The fourth-order valence-corrected chi connectivity index (χ4v) is 3.72. The molecule has 0 bridgehead atoms. The van der Waals surface area contributed by atoms with Crippen molar-refractivity contribution in [3.8, 4) is 17.1 Å². The van der Waals surface area contributed by atoms with Gasteiger partial charge in [0.15, 0.2) is 11.0 Å². The van der Waals surface area contributed by atoms with Crippen molar-refractivity contribution < 1.29 is 4.79 Å². The number of thioether (sulfide) groups is 1. The molecule has 2 aromatic heterocycles. The highest BCUT2D eigenvalue weighted by Gasteiger charge is 2.19. The molecule has 1 amide bonds. The predicted octanol–water partition coefficient (Wildman–Crippen LogP) is 3.60. The van der Waals surface area contributed by atoms with Crippen molar-refractivity contribution in [2.24, 2.45) is 0 Å². The number of hydrogen-bond acceptors (Lipinski definition) is 5. The Balaban J connectivity index is 1.99. The SMILES string of the molecule is CCN(CC)C(=O)CSc1nnc(-c2ccncc2)n1-c1ccccc1C. The number of carbonyl (C=O) groups excluding carboxylic acids is 1. The highest BCUT2D eigenvalue weighted by Crippen LogP contribution is 2.29. The summed E-state index contributed by atoms with van der Waals surface area (Å²) in [6.07, 6.45) is 3.48. The zero-order valence-electron chi connectivity index (χ0n) is 15.8. The van der Waals surface area contributed by atoms with E-state index in [4.69, 9.17) is 0 Å². The molecular formula is C20H23N5OS. The molecule has 2 heterocycles. The van der Waals surface area contributed by atoms with Crippen molar-refractivity contribution >= 4 is 17.7 Å². The Labute approximate surface area is 163 Å². The molecule has 3 aromatic rings. The Morgan fingerprint density at radius 1 is 1.07 bits per heavy atom. The van der Waals surface area contributed by atoms with Gasteiger partial charge < -0.3 is 4.90 Å². The van der Waals surface area contributed by atoms with E-state index in [1.54, 1.807) is 12.4 Å². The first-order chi connectivity index (χ1) is 13.2. The fourth-order valence-electron chi connectivity index (χ4n) is 2.88. The Kier molecular flexibility index (Phi) is 6.24. The van der Waals surface area contributed by atoms with Crippen LogP contribution in [0.2, 0.25) is 0 Å². The molecule has 27 heavy (non-hydrogen) atoms. The largest absolute Gasteiger partial charge is 0.343 e. The number of hydrogen-bond donors (Lipinski definition) is 0. The molecule has 140 valence electrons. The van der Waals surface area contributed by atoms with Crippen LogP contribution in [-0.4, -0.2) is 49.4 Å². The topological polar surface area (TPSA) is 63.9 Å². The van der Waals surface area contributed by atoms with Crippen molar-refractivity contribution in [2.75, 3.05) is 18.8 Å². The summed E-state index contributed by atoms with van der Waals surface area (Å²) in [5, 5.41) is 9.49. The molecule has 1 aromatic carbocycles. The van der Waals surface area contributed by atoms with Crippen LogP contribution in [0.15, 0.2) is 53.9 Å². The van der Waals surface area contributed by atoms with Crippen LogP contribution in [0.5, 0.6) is 0 Å². The first-order valence-corrected chi connectivity index (χ1v) is 9.96. The van der Waals surface area contributed by atoms with Crippen molar-refractivity contribution in [1.82, 2.24) is 24.6 Å². The number of para-hydroxylation sites is 1. The summed E-state index contributed by atoms with van der Waals surface area (Å²) in [4.78, 5) is 18.3. The molecule has 0 unspecified atom stereocenters. The number of benzene rings is 1. The number of amides is 1. The van der Waals surface area contributed by atoms with Crippen molar-refractivity contribution in [2.45, 2.75) is 25.9 Å². The van der Waals surface area contributed by atoms with Crippen LogP contribution < -0.4 is 0 Å².